The summed E-state index contributed by atoms with van der Waals surface area (Å²) < 4.78 is 0. The molecular weight excluding hydrogens is 332 g/mol. The number of hydrogen-bond acceptors (Lipinski definition) is 3. The van der Waals surface area contributed by atoms with Crippen molar-refractivity contribution in [2.45, 2.75) is 94.8 Å². The monoisotopic (exact) mass is 366 g/mol. The van der Waals surface area contributed by atoms with Gasteiger partial charge >= 0.3 is 0 Å². The summed E-state index contributed by atoms with van der Waals surface area (Å²) in [6.07, 6.45) is 3.12. The third kappa shape index (κ3) is 7.02. The van der Waals surface area contributed by atoms with Gasteiger partial charge < -0.3 is 10.2 Å². The molecule has 0 amide bonds. The van der Waals surface area contributed by atoms with Crippen LogP contribution in [0.1, 0.15) is 78.9 Å². The molecule has 3 nitrogen and oxygen atoms in total. The van der Waals surface area contributed by atoms with Crippen molar-refractivity contribution < 1.29 is 15.0 Å². The van der Waals surface area contributed by atoms with Gasteiger partial charge in [0.1, 0.15) is 0 Å². The van der Waals surface area contributed by atoms with Crippen LogP contribution < -0.4 is 0 Å². The zero-order valence-corrected chi connectivity index (χ0v) is 17.5. The second-order valence-electron chi connectivity index (χ2n) is 8.88. The Labute approximate surface area is 157 Å². The summed E-state index contributed by atoms with van der Waals surface area (Å²) in [6, 6.07) is 6.92. The van der Waals surface area contributed by atoms with Crippen LogP contribution in [-0.2, 0) is 15.6 Å². The fourth-order valence-electron chi connectivity index (χ4n) is 2.89. The molecule has 25 heavy (non-hydrogen) atoms. The van der Waals surface area contributed by atoms with Crippen molar-refractivity contribution in [3.63, 3.8) is 0 Å². The highest BCUT2D eigenvalue weighted by molar-refractivity contribution is 8.00. The lowest BCUT2D eigenvalue weighted by atomic mass is 9.81. The molecule has 0 aromatic heterocycles. The van der Waals surface area contributed by atoms with Crippen molar-refractivity contribution in [2.75, 3.05) is 0 Å². The van der Waals surface area contributed by atoms with E-state index in [4.69, 9.17) is 9.90 Å². The molecule has 2 rings (SSSR count). The fraction of sp³-hybridized carbons (Fsp3) is 0.667. The van der Waals surface area contributed by atoms with Crippen molar-refractivity contribution in [3.8, 4) is 0 Å². The van der Waals surface area contributed by atoms with Crippen molar-refractivity contribution in [2.24, 2.45) is 0 Å². The molecule has 0 unspecified atom stereocenters. The van der Waals surface area contributed by atoms with Crippen LogP contribution in [0.4, 0.5) is 0 Å². The van der Waals surface area contributed by atoms with Crippen LogP contribution in [0, 0.1) is 0 Å². The van der Waals surface area contributed by atoms with Crippen LogP contribution in [0.5, 0.6) is 0 Å². The lowest BCUT2D eigenvalue weighted by molar-refractivity contribution is -0.134. The largest absolute Gasteiger partial charge is 0.481 e. The molecule has 0 bridgehead atoms. The lowest BCUT2D eigenvalue weighted by Gasteiger charge is -2.28. The molecule has 2 N–H and O–H groups in total. The maximum absolute atomic E-state index is 10.1. The third-order valence-corrected chi connectivity index (χ3v) is 5.81. The highest BCUT2D eigenvalue weighted by Crippen LogP contribution is 2.41. The van der Waals surface area contributed by atoms with Gasteiger partial charge in [-0.15, -0.1) is 11.8 Å². The van der Waals surface area contributed by atoms with Crippen molar-refractivity contribution >= 4 is 17.7 Å². The minimum Gasteiger partial charge on any atom is -0.481 e. The van der Waals surface area contributed by atoms with E-state index >= 15 is 0 Å². The van der Waals surface area contributed by atoms with Crippen LogP contribution in [-0.4, -0.2) is 27.5 Å². The molecule has 0 aliphatic heterocycles. The van der Waals surface area contributed by atoms with Crippen LogP contribution in [0.25, 0.3) is 0 Å². The summed E-state index contributed by atoms with van der Waals surface area (Å²) in [5.74, 6) is -0.833. The number of aliphatic hydroxyl groups is 1. The summed E-state index contributed by atoms with van der Waals surface area (Å²) in [5.41, 5.74) is 3.12. The van der Waals surface area contributed by atoms with Crippen LogP contribution in [0.3, 0.4) is 0 Å². The predicted molar refractivity (Wildman–Crippen MR) is 107 cm³/mol. The first kappa shape index (κ1) is 22.0. The molecule has 1 aliphatic carbocycles. The number of aliphatic hydroxyl groups excluding tert-OH is 1. The van der Waals surface area contributed by atoms with E-state index in [1.807, 2.05) is 11.8 Å². The van der Waals surface area contributed by atoms with E-state index in [1.54, 1.807) is 0 Å². The summed E-state index contributed by atoms with van der Waals surface area (Å²) in [6.45, 7) is 14.7. The highest BCUT2D eigenvalue weighted by atomic mass is 32.2. The number of carboxylic acids is 1. The SMILES string of the molecule is CC(=O)O.CC(C)(C)c1ccc(S[C@@H]2CCC[C@H]2O)c(C(C)(C)C)c1. The van der Waals surface area contributed by atoms with Gasteiger partial charge in [-0.1, -0.05) is 53.7 Å². The van der Waals surface area contributed by atoms with Crippen LogP contribution in [0.2, 0.25) is 0 Å². The molecule has 1 aromatic rings. The summed E-state index contributed by atoms with van der Waals surface area (Å²) in [7, 11) is 0. The first-order chi connectivity index (χ1) is 11.3. The van der Waals surface area contributed by atoms with Crippen molar-refractivity contribution in [1.82, 2.24) is 0 Å². The van der Waals surface area contributed by atoms with E-state index in [0.717, 1.165) is 26.2 Å². The molecule has 0 radical (unpaired) electrons. The Kier molecular flexibility index (Phi) is 7.57. The van der Waals surface area contributed by atoms with Gasteiger partial charge in [0.2, 0.25) is 0 Å². The fourth-order valence-corrected chi connectivity index (χ4v) is 4.43. The van der Waals surface area contributed by atoms with Gasteiger partial charge in [-0.3, -0.25) is 4.79 Å². The molecule has 2 atom stereocenters. The van der Waals surface area contributed by atoms with Crippen LogP contribution >= 0.6 is 11.8 Å². The molecule has 142 valence electrons. The van der Waals surface area contributed by atoms with E-state index in [9.17, 15) is 5.11 Å². The number of benzene rings is 1. The number of hydrogen-bond donors (Lipinski definition) is 2. The zero-order valence-electron chi connectivity index (χ0n) is 16.7. The van der Waals surface area contributed by atoms with E-state index in [0.29, 0.717) is 5.25 Å². The molecule has 1 saturated carbocycles. The molecule has 0 saturated heterocycles. The standard InChI is InChI=1S/C19H30OS.C2H4O2/c1-18(2,3)13-10-11-16(14(12-13)19(4,5)6)21-17-9-7-8-15(17)20;1-2(3)4/h10-12,15,17,20H,7-9H2,1-6H3;1H3,(H,3,4)/t15-,17-;/m1./s1. The van der Waals surface area contributed by atoms with Crippen molar-refractivity contribution in [1.29, 1.82) is 0 Å². The average Bonchev–Trinajstić information content (AvgIpc) is 2.81. The molecule has 1 aliphatic rings. The molecular formula is C21H34O3S. The second-order valence-corrected chi connectivity index (χ2v) is 10.2. The average molecular weight is 367 g/mol. The summed E-state index contributed by atoms with van der Waals surface area (Å²) in [5, 5.41) is 17.9. The lowest BCUT2D eigenvalue weighted by Crippen LogP contribution is -2.19. The molecule has 1 aromatic carbocycles. The van der Waals surface area contributed by atoms with Crippen molar-refractivity contribution in [3.05, 3.63) is 29.3 Å². The first-order valence-electron chi connectivity index (χ1n) is 9.01. The van der Waals surface area contributed by atoms with Gasteiger partial charge in [-0.2, -0.15) is 0 Å². The Morgan fingerprint density at radius 3 is 2.04 bits per heavy atom. The highest BCUT2D eigenvalue weighted by Gasteiger charge is 2.29. The Bertz CT molecular complexity index is 578. The quantitative estimate of drug-likeness (QED) is 0.738. The number of aliphatic carboxylic acids is 1. The third-order valence-electron chi connectivity index (χ3n) is 4.35. The van der Waals surface area contributed by atoms with E-state index in [1.165, 1.54) is 16.0 Å². The first-order valence-corrected chi connectivity index (χ1v) is 9.89. The second kappa shape index (κ2) is 8.59. The Balaban J connectivity index is 0.000000705. The molecule has 0 heterocycles. The maximum atomic E-state index is 10.1. The van der Waals surface area contributed by atoms with Gasteiger partial charge in [-0.25, -0.2) is 0 Å². The number of carbonyl (C=O) groups is 1. The van der Waals surface area contributed by atoms with Gasteiger partial charge in [0.25, 0.3) is 5.97 Å². The Hall–Kier alpha value is -1.00. The molecule has 0 spiro atoms. The van der Waals surface area contributed by atoms with Gasteiger partial charge in [0.15, 0.2) is 0 Å². The van der Waals surface area contributed by atoms with E-state index < -0.39 is 5.97 Å². The number of rotatable bonds is 2. The van der Waals surface area contributed by atoms with Gasteiger partial charge in [-0.05, 0) is 47.3 Å². The Morgan fingerprint density at radius 1 is 1.08 bits per heavy atom. The van der Waals surface area contributed by atoms with E-state index in [-0.39, 0.29) is 16.9 Å². The minimum absolute atomic E-state index is 0.132. The smallest absolute Gasteiger partial charge is 0.300 e. The molecule has 4 heteroatoms. The topological polar surface area (TPSA) is 57.5 Å². The minimum atomic E-state index is -0.833. The normalized spacial score (nSPS) is 20.8. The van der Waals surface area contributed by atoms with Gasteiger partial charge in [0, 0.05) is 17.1 Å². The summed E-state index contributed by atoms with van der Waals surface area (Å²) >= 11 is 1.88. The van der Waals surface area contributed by atoms with Crippen LogP contribution in [0.15, 0.2) is 23.1 Å². The molecule has 1 fully saturated rings. The number of thioether (sulfide) groups is 1. The van der Waals surface area contributed by atoms with E-state index in [2.05, 4.69) is 59.7 Å². The number of carboxylic acid groups (broad SMARTS) is 1. The van der Waals surface area contributed by atoms with Gasteiger partial charge in [0.05, 0.1) is 6.10 Å². The maximum Gasteiger partial charge on any atom is 0.300 e. The summed E-state index contributed by atoms with van der Waals surface area (Å²) in [4.78, 5) is 10.3. The zero-order chi connectivity index (χ0) is 19.4. The Morgan fingerprint density at radius 2 is 1.64 bits per heavy atom. The predicted octanol–water partition coefficient (Wildman–Crippen LogP) is 5.38.